The number of benzene rings is 3. The zero-order valence-corrected chi connectivity index (χ0v) is 15.5. The zero-order chi connectivity index (χ0) is 19.3. The van der Waals surface area contributed by atoms with Gasteiger partial charge in [0.25, 0.3) is 0 Å². The number of amides is 1. The summed E-state index contributed by atoms with van der Waals surface area (Å²) in [5, 5.41) is 6.26. The Bertz CT molecular complexity index is 1040. The van der Waals surface area contributed by atoms with Crippen molar-refractivity contribution in [3.8, 4) is 17.2 Å². The summed E-state index contributed by atoms with van der Waals surface area (Å²) in [6, 6.07) is 17.5. The molecule has 4 rings (SSSR count). The highest BCUT2D eigenvalue weighted by molar-refractivity contribution is 5.91. The van der Waals surface area contributed by atoms with Crippen LogP contribution >= 0.6 is 0 Å². The number of rotatable bonds is 6. The molecule has 142 valence electrons. The third kappa shape index (κ3) is 3.76. The molecule has 0 bridgehead atoms. The molecule has 28 heavy (non-hydrogen) atoms. The Morgan fingerprint density at radius 1 is 1.14 bits per heavy atom. The summed E-state index contributed by atoms with van der Waals surface area (Å²) in [4.78, 5) is 12.3. The summed E-state index contributed by atoms with van der Waals surface area (Å²) in [5.41, 5.74) is 4.25. The van der Waals surface area contributed by atoms with Crippen molar-refractivity contribution in [1.29, 1.82) is 0 Å². The monoisotopic (exact) mass is 376 g/mol. The molecule has 0 fully saturated rings. The van der Waals surface area contributed by atoms with E-state index in [2.05, 4.69) is 10.5 Å². The molecule has 0 saturated heterocycles. The van der Waals surface area contributed by atoms with Gasteiger partial charge in [0, 0.05) is 11.6 Å². The highest BCUT2D eigenvalue weighted by Gasteiger charge is 2.17. The number of hydrogen-bond acceptors (Lipinski definition) is 5. The quantitative estimate of drug-likeness (QED) is 0.527. The minimum atomic E-state index is -0.189. The summed E-state index contributed by atoms with van der Waals surface area (Å²) in [7, 11) is 0. The molecule has 0 spiro atoms. The smallest absolute Gasteiger partial charge is 0.244 e. The van der Waals surface area contributed by atoms with E-state index in [9.17, 15) is 4.79 Å². The second-order valence-electron chi connectivity index (χ2n) is 6.28. The van der Waals surface area contributed by atoms with Crippen LogP contribution in [0.1, 0.15) is 18.1 Å². The number of hydrazone groups is 1. The van der Waals surface area contributed by atoms with Gasteiger partial charge in [-0.3, -0.25) is 4.79 Å². The summed E-state index contributed by atoms with van der Waals surface area (Å²) >= 11 is 0. The van der Waals surface area contributed by atoms with Gasteiger partial charge in [-0.25, -0.2) is 5.43 Å². The van der Waals surface area contributed by atoms with Gasteiger partial charge >= 0.3 is 0 Å². The Labute approximate surface area is 162 Å². The molecule has 0 aliphatic carbocycles. The molecule has 6 nitrogen and oxygen atoms in total. The van der Waals surface area contributed by atoms with E-state index in [1.165, 1.54) is 0 Å². The standard InChI is InChI=1S/C22H20N2O4/c1-2-26-19-12-21-20(27-14-28-21)10-17(19)13-23-24-22(25)11-16-8-5-7-15-6-3-4-9-18(15)16/h3-10,12-13H,2,11,14H2,1H3,(H,24,25)/b23-13+. The maximum atomic E-state index is 12.3. The van der Waals surface area contributed by atoms with Gasteiger partial charge in [0.05, 0.1) is 19.2 Å². The zero-order valence-electron chi connectivity index (χ0n) is 15.5. The van der Waals surface area contributed by atoms with Gasteiger partial charge in [-0.05, 0) is 29.3 Å². The summed E-state index contributed by atoms with van der Waals surface area (Å²) in [6.45, 7) is 2.59. The molecule has 1 aliphatic heterocycles. The van der Waals surface area contributed by atoms with Gasteiger partial charge in [0.1, 0.15) is 5.75 Å². The first-order valence-electron chi connectivity index (χ1n) is 9.09. The Kier molecular flexibility index (Phi) is 5.10. The molecule has 0 atom stereocenters. The average Bonchev–Trinajstić information content (AvgIpc) is 3.16. The van der Waals surface area contributed by atoms with Crippen LogP contribution in [0.5, 0.6) is 17.2 Å². The number of ether oxygens (including phenoxy) is 3. The van der Waals surface area contributed by atoms with Crippen molar-refractivity contribution >= 4 is 22.9 Å². The molecule has 3 aromatic rings. The van der Waals surface area contributed by atoms with Crippen molar-refractivity contribution in [3.05, 3.63) is 65.7 Å². The SMILES string of the molecule is CCOc1cc2c(cc1/C=N/NC(=O)Cc1cccc3ccccc13)OCO2. The van der Waals surface area contributed by atoms with Gasteiger partial charge in [-0.15, -0.1) is 0 Å². The molecular formula is C22H20N2O4. The maximum Gasteiger partial charge on any atom is 0.244 e. The van der Waals surface area contributed by atoms with Crippen molar-refractivity contribution in [2.24, 2.45) is 5.10 Å². The van der Waals surface area contributed by atoms with Crippen LogP contribution in [0.2, 0.25) is 0 Å². The number of nitrogens with one attached hydrogen (secondary N) is 1. The lowest BCUT2D eigenvalue weighted by Gasteiger charge is -2.08. The average molecular weight is 376 g/mol. The second-order valence-corrected chi connectivity index (χ2v) is 6.28. The van der Waals surface area contributed by atoms with Gasteiger partial charge in [0.15, 0.2) is 11.5 Å². The lowest BCUT2D eigenvalue weighted by atomic mass is 10.0. The van der Waals surface area contributed by atoms with Gasteiger partial charge in [0.2, 0.25) is 12.7 Å². The Morgan fingerprint density at radius 2 is 1.93 bits per heavy atom. The molecule has 3 aromatic carbocycles. The fourth-order valence-corrected chi connectivity index (χ4v) is 3.15. The first kappa shape index (κ1) is 17.9. The molecule has 0 radical (unpaired) electrons. The molecule has 0 unspecified atom stereocenters. The van der Waals surface area contributed by atoms with Crippen molar-refractivity contribution in [1.82, 2.24) is 5.43 Å². The van der Waals surface area contributed by atoms with Crippen molar-refractivity contribution in [3.63, 3.8) is 0 Å². The van der Waals surface area contributed by atoms with Crippen LogP contribution in [0.15, 0.2) is 59.7 Å². The topological polar surface area (TPSA) is 69.2 Å². The van der Waals surface area contributed by atoms with Crippen LogP contribution in [0.3, 0.4) is 0 Å². The van der Waals surface area contributed by atoms with E-state index in [-0.39, 0.29) is 19.1 Å². The fraction of sp³-hybridized carbons (Fsp3) is 0.182. The van der Waals surface area contributed by atoms with Crippen molar-refractivity contribution in [2.75, 3.05) is 13.4 Å². The molecule has 1 heterocycles. The van der Waals surface area contributed by atoms with Crippen LogP contribution in [0.4, 0.5) is 0 Å². The largest absolute Gasteiger partial charge is 0.493 e. The Hall–Kier alpha value is -3.54. The third-order valence-electron chi connectivity index (χ3n) is 4.43. The second kappa shape index (κ2) is 8.00. The normalized spacial score (nSPS) is 12.5. The predicted molar refractivity (Wildman–Crippen MR) is 107 cm³/mol. The number of carbonyl (C=O) groups is 1. The Morgan fingerprint density at radius 3 is 2.79 bits per heavy atom. The molecule has 6 heteroatoms. The van der Waals surface area contributed by atoms with E-state index in [1.807, 2.05) is 49.4 Å². The minimum absolute atomic E-state index is 0.184. The maximum absolute atomic E-state index is 12.3. The van der Waals surface area contributed by atoms with E-state index >= 15 is 0 Å². The molecule has 0 saturated carbocycles. The van der Waals surface area contributed by atoms with E-state index < -0.39 is 0 Å². The minimum Gasteiger partial charge on any atom is -0.493 e. The highest BCUT2D eigenvalue weighted by Crippen LogP contribution is 2.37. The number of carbonyl (C=O) groups excluding carboxylic acids is 1. The first-order chi connectivity index (χ1) is 13.7. The van der Waals surface area contributed by atoms with Crippen molar-refractivity contribution < 1.29 is 19.0 Å². The van der Waals surface area contributed by atoms with Crippen molar-refractivity contribution in [2.45, 2.75) is 13.3 Å². The highest BCUT2D eigenvalue weighted by atomic mass is 16.7. The van der Waals surface area contributed by atoms with Crippen LogP contribution in [0.25, 0.3) is 10.8 Å². The molecule has 1 amide bonds. The lowest BCUT2D eigenvalue weighted by Crippen LogP contribution is -2.20. The van der Waals surface area contributed by atoms with E-state index in [1.54, 1.807) is 18.3 Å². The van der Waals surface area contributed by atoms with Gasteiger partial charge in [-0.1, -0.05) is 42.5 Å². The van der Waals surface area contributed by atoms with Crippen LogP contribution in [-0.2, 0) is 11.2 Å². The predicted octanol–water partition coefficient (Wildman–Crippen LogP) is 3.66. The van der Waals surface area contributed by atoms with E-state index in [4.69, 9.17) is 14.2 Å². The summed E-state index contributed by atoms with van der Waals surface area (Å²) < 4.78 is 16.4. The Balaban J connectivity index is 1.47. The van der Waals surface area contributed by atoms with Gasteiger partial charge < -0.3 is 14.2 Å². The summed E-state index contributed by atoms with van der Waals surface area (Å²) in [6.07, 6.45) is 1.80. The van der Waals surface area contributed by atoms with Crippen LogP contribution < -0.4 is 19.6 Å². The van der Waals surface area contributed by atoms with E-state index in [0.29, 0.717) is 29.4 Å². The fourth-order valence-electron chi connectivity index (χ4n) is 3.15. The van der Waals surface area contributed by atoms with Crippen LogP contribution in [0, 0.1) is 0 Å². The van der Waals surface area contributed by atoms with E-state index in [0.717, 1.165) is 16.3 Å². The summed E-state index contributed by atoms with van der Waals surface area (Å²) in [5.74, 6) is 1.71. The lowest BCUT2D eigenvalue weighted by molar-refractivity contribution is -0.120. The molecule has 0 aromatic heterocycles. The molecule has 1 N–H and O–H groups in total. The van der Waals surface area contributed by atoms with Gasteiger partial charge in [-0.2, -0.15) is 5.10 Å². The number of hydrogen-bond donors (Lipinski definition) is 1. The third-order valence-corrected chi connectivity index (χ3v) is 4.43. The number of nitrogens with zero attached hydrogens (tertiary/aromatic N) is 1. The number of fused-ring (bicyclic) bond motifs is 2. The molecular weight excluding hydrogens is 356 g/mol. The molecule has 1 aliphatic rings. The van der Waals surface area contributed by atoms with Crippen LogP contribution in [-0.4, -0.2) is 25.5 Å². The first-order valence-corrected chi connectivity index (χ1v) is 9.09.